The molecule has 0 saturated heterocycles. The first-order valence-electron chi connectivity index (χ1n) is 7.45. The number of ether oxygens (including phenoxy) is 1. The fourth-order valence-corrected chi connectivity index (χ4v) is 2.94. The average molecular weight is 296 g/mol. The summed E-state index contributed by atoms with van der Waals surface area (Å²) in [6, 6.07) is 4.39. The number of methoxy groups -OCH3 is 1. The standard InChI is InChI=1S/C16H25FN2O2/c1-19(10-11-8-12(20)9-11)7-6-14(18)16-13(17)4-3-5-15(16)21-2/h3-5,11-12,14,20H,6-10,18H2,1-2H3. The fourth-order valence-electron chi connectivity index (χ4n) is 2.94. The molecule has 0 spiro atoms. The van der Waals surface area contributed by atoms with Crippen LogP contribution in [0.15, 0.2) is 18.2 Å². The zero-order valence-corrected chi connectivity index (χ0v) is 12.8. The molecule has 1 fully saturated rings. The van der Waals surface area contributed by atoms with Gasteiger partial charge in [0.05, 0.1) is 13.2 Å². The SMILES string of the molecule is COc1cccc(F)c1C(N)CCN(C)CC1CC(O)C1. The Hall–Kier alpha value is -1.17. The summed E-state index contributed by atoms with van der Waals surface area (Å²) < 4.78 is 19.1. The Labute approximate surface area is 125 Å². The molecule has 21 heavy (non-hydrogen) atoms. The van der Waals surface area contributed by atoms with Crippen LogP contribution in [-0.2, 0) is 0 Å². The highest BCUT2D eigenvalue weighted by atomic mass is 19.1. The fraction of sp³-hybridized carbons (Fsp3) is 0.625. The van der Waals surface area contributed by atoms with E-state index < -0.39 is 0 Å². The van der Waals surface area contributed by atoms with Crippen molar-refractivity contribution >= 4 is 0 Å². The maximum absolute atomic E-state index is 13.9. The number of aliphatic hydroxyl groups excluding tert-OH is 1. The first-order chi connectivity index (χ1) is 10.0. The summed E-state index contributed by atoms with van der Waals surface area (Å²) in [4.78, 5) is 2.20. The van der Waals surface area contributed by atoms with Crippen molar-refractivity contribution in [1.29, 1.82) is 0 Å². The molecule has 1 aliphatic carbocycles. The van der Waals surface area contributed by atoms with E-state index in [1.165, 1.54) is 13.2 Å². The molecule has 0 aliphatic heterocycles. The average Bonchev–Trinajstić information content (AvgIpc) is 2.42. The molecule has 0 aromatic heterocycles. The van der Waals surface area contributed by atoms with Crippen LogP contribution in [0.25, 0.3) is 0 Å². The number of nitrogens with two attached hydrogens (primary N) is 1. The van der Waals surface area contributed by atoms with E-state index in [0.29, 0.717) is 23.7 Å². The van der Waals surface area contributed by atoms with E-state index in [-0.39, 0.29) is 18.0 Å². The van der Waals surface area contributed by atoms with Crippen LogP contribution in [0.3, 0.4) is 0 Å². The zero-order valence-electron chi connectivity index (χ0n) is 12.8. The number of halogens is 1. The number of hydrogen-bond donors (Lipinski definition) is 2. The van der Waals surface area contributed by atoms with Crippen molar-refractivity contribution in [3.8, 4) is 5.75 Å². The highest BCUT2D eigenvalue weighted by Crippen LogP contribution is 2.30. The molecule has 1 unspecified atom stereocenters. The second-order valence-corrected chi connectivity index (χ2v) is 6.00. The summed E-state index contributed by atoms with van der Waals surface area (Å²) in [6.45, 7) is 1.75. The minimum Gasteiger partial charge on any atom is -0.496 e. The molecular weight excluding hydrogens is 271 g/mol. The van der Waals surface area contributed by atoms with E-state index >= 15 is 0 Å². The molecule has 0 amide bonds. The summed E-state index contributed by atoms with van der Waals surface area (Å²) in [5.41, 5.74) is 6.58. The summed E-state index contributed by atoms with van der Waals surface area (Å²) >= 11 is 0. The molecule has 1 saturated carbocycles. The van der Waals surface area contributed by atoms with E-state index in [2.05, 4.69) is 4.90 Å². The van der Waals surface area contributed by atoms with Gasteiger partial charge in [0.2, 0.25) is 0 Å². The molecule has 0 bridgehead atoms. The van der Waals surface area contributed by atoms with Crippen molar-refractivity contribution in [2.24, 2.45) is 11.7 Å². The monoisotopic (exact) mass is 296 g/mol. The lowest BCUT2D eigenvalue weighted by atomic mass is 9.82. The van der Waals surface area contributed by atoms with Gasteiger partial charge >= 0.3 is 0 Å². The largest absolute Gasteiger partial charge is 0.496 e. The van der Waals surface area contributed by atoms with Gasteiger partial charge < -0.3 is 20.5 Å². The quantitative estimate of drug-likeness (QED) is 0.807. The van der Waals surface area contributed by atoms with E-state index in [4.69, 9.17) is 10.5 Å². The Bertz CT molecular complexity index is 464. The van der Waals surface area contributed by atoms with Gasteiger partial charge in [-0.2, -0.15) is 0 Å². The topological polar surface area (TPSA) is 58.7 Å². The minimum absolute atomic E-state index is 0.117. The van der Waals surface area contributed by atoms with Gasteiger partial charge in [-0.25, -0.2) is 4.39 Å². The van der Waals surface area contributed by atoms with Gasteiger partial charge in [-0.15, -0.1) is 0 Å². The van der Waals surface area contributed by atoms with Crippen LogP contribution in [0.4, 0.5) is 4.39 Å². The maximum Gasteiger partial charge on any atom is 0.131 e. The third-order valence-corrected chi connectivity index (χ3v) is 4.21. The first kappa shape index (κ1) is 16.2. The Morgan fingerprint density at radius 2 is 2.19 bits per heavy atom. The van der Waals surface area contributed by atoms with Crippen LogP contribution in [0.2, 0.25) is 0 Å². The van der Waals surface area contributed by atoms with Crippen molar-refractivity contribution in [3.05, 3.63) is 29.6 Å². The van der Waals surface area contributed by atoms with Gasteiger partial charge in [-0.3, -0.25) is 0 Å². The Balaban J connectivity index is 1.85. The molecular formula is C16H25FN2O2. The van der Waals surface area contributed by atoms with Gasteiger partial charge in [0.15, 0.2) is 0 Å². The van der Waals surface area contributed by atoms with E-state index in [0.717, 1.165) is 25.9 Å². The third kappa shape index (κ3) is 4.15. The van der Waals surface area contributed by atoms with Crippen molar-refractivity contribution < 1.29 is 14.2 Å². The molecule has 1 atom stereocenters. The lowest BCUT2D eigenvalue weighted by Gasteiger charge is -2.34. The number of nitrogens with zero attached hydrogens (tertiary/aromatic N) is 1. The second kappa shape index (κ2) is 7.20. The predicted octanol–water partition coefficient (Wildman–Crippen LogP) is 1.93. The Morgan fingerprint density at radius 3 is 2.81 bits per heavy atom. The molecule has 1 aliphatic rings. The van der Waals surface area contributed by atoms with Gasteiger partial charge in [0.1, 0.15) is 11.6 Å². The summed E-state index contributed by atoms with van der Waals surface area (Å²) in [6.07, 6.45) is 2.33. The summed E-state index contributed by atoms with van der Waals surface area (Å²) in [7, 11) is 3.56. The Morgan fingerprint density at radius 1 is 1.48 bits per heavy atom. The van der Waals surface area contributed by atoms with Crippen molar-refractivity contribution in [2.75, 3.05) is 27.2 Å². The van der Waals surface area contributed by atoms with E-state index in [9.17, 15) is 9.50 Å². The van der Waals surface area contributed by atoms with Gasteiger partial charge in [-0.1, -0.05) is 6.07 Å². The van der Waals surface area contributed by atoms with Gasteiger partial charge in [0.25, 0.3) is 0 Å². The molecule has 0 heterocycles. The molecule has 118 valence electrons. The van der Waals surface area contributed by atoms with Crippen LogP contribution < -0.4 is 10.5 Å². The van der Waals surface area contributed by atoms with Crippen LogP contribution >= 0.6 is 0 Å². The highest BCUT2D eigenvalue weighted by molar-refractivity contribution is 5.37. The molecule has 4 nitrogen and oxygen atoms in total. The second-order valence-electron chi connectivity index (χ2n) is 6.00. The number of benzene rings is 1. The lowest BCUT2D eigenvalue weighted by Crippen LogP contribution is -2.37. The van der Waals surface area contributed by atoms with Crippen LogP contribution in [0, 0.1) is 11.7 Å². The minimum atomic E-state index is -0.379. The number of rotatable bonds is 7. The molecule has 1 aromatic rings. The first-order valence-corrected chi connectivity index (χ1v) is 7.45. The molecule has 3 N–H and O–H groups in total. The number of aliphatic hydroxyl groups is 1. The Kier molecular flexibility index (Phi) is 5.56. The predicted molar refractivity (Wildman–Crippen MR) is 80.7 cm³/mol. The number of hydrogen-bond acceptors (Lipinski definition) is 4. The van der Waals surface area contributed by atoms with E-state index in [1.807, 2.05) is 7.05 Å². The van der Waals surface area contributed by atoms with Crippen LogP contribution in [-0.4, -0.2) is 43.4 Å². The lowest BCUT2D eigenvalue weighted by molar-refractivity contribution is 0.0280. The third-order valence-electron chi connectivity index (χ3n) is 4.21. The van der Waals surface area contributed by atoms with Gasteiger partial charge in [0, 0.05) is 18.2 Å². The van der Waals surface area contributed by atoms with Crippen molar-refractivity contribution in [3.63, 3.8) is 0 Å². The zero-order chi connectivity index (χ0) is 15.4. The normalized spacial score (nSPS) is 23.0. The highest BCUT2D eigenvalue weighted by Gasteiger charge is 2.28. The van der Waals surface area contributed by atoms with Crippen LogP contribution in [0.1, 0.15) is 30.9 Å². The van der Waals surface area contributed by atoms with Crippen molar-refractivity contribution in [1.82, 2.24) is 4.90 Å². The van der Waals surface area contributed by atoms with Crippen molar-refractivity contribution in [2.45, 2.75) is 31.4 Å². The van der Waals surface area contributed by atoms with E-state index in [1.54, 1.807) is 12.1 Å². The summed E-state index contributed by atoms with van der Waals surface area (Å²) in [5.74, 6) is 0.767. The van der Waals surface area contributed by atoms with Crippen LogP contribution in [0.5, 0.6) is 5.75 Å². The maximum atomic E-state index is 13.9. The smallest absolute Gasteiger partial charge is 0.131 e. The molecule has 2 rings (SSSR count). The molecule has 5 heteroatoms. The molecule has 0 radical (unpaired) electrons. The molecule has 1 aromatic carbocycles. The van der Waals surface area contributed by atoms with Gasteiger partial charge in [-0.05, 0) is 50.9 Å². The summed E-state index contributed by atoms with van der Waals surface area (Å²) in [5, 5.41) is 9.29.